The maximum atomic E-state index is 12.5. The molecule has 0 aliphatic rings. The van der Waals surface area contributed by atoms with Crippen molar-refractivity contribution < 1.29 is 23.8 Å². The SMILES string of the molecule is CCOC(=O)c1sc(NC(=S)Nc2cc(C)ccc2OC)c(C(=O)OCC)c1C. The number of carbonyl (C=O) groups is 2. The number of carbonyl (C=O) groups excluding carboxylic acids is 2. The molecule has 156 valence electrons. The Morgan fingerprint density at radius 2 is 1.72 bits per heavy atom. The molecule has 0 amide bonds. The number of methoxy groups -OCH3 is 1. The van der Waals surface area contributed by atoms with Gasteiger partial charge in [-0.2, -0.15) is 0 Å². The predicted molar refractivity (Wildman–Crippen MR) is 119 cm³/mol. The van der Waals surface area contributed by atoms with E-state index in [1.807, 2.05) is 25.1 Å². The summed E-state index contributed by atoms with van der Waals surface area (Å²) in [6.45, 7) is 7.52. The van der Waals surface area contributed by atoms with Crippen molar-refractivity contribution in [1.82, 2.24) is 0 Å². The zero-order valence-electron chi connectivity index (χ0n) is 17.0. The van der Waals surface area contributed by atoms with Gasteiger partial charge in [-0.1, -0.05) is 6.07 Å². The van der Waals surface area contributed by atoms with Crippen LogP contribution in [0.3, 0.4) is 0 Å². The summed E-state index contributed by atoms with van der Waals surface area (Å²) in [6, 6.07) is 5.65. The first-order valence-electron chi connectivity index (χ1n) is 9.02. The number of thiocarbonyl (C=S) groups is 1. The van der Waals surface area contributed by atoms with Gasteiger partial charge >= 0.3 is 11.9 Å². The second kappa shape index (κ2) is 10.2. The molecule has 1 aromatic carbocycles. The molecule has 0 fully saturated rings. The van der Waals surface area contributed by atoms with E-state index >= 15 is 0 Å². The van der Waals surface area contributed by atoms with Gasteiger partial charge in [-0.05, 0) is 63.2 Å². The molecule has 0 bridgehead atoms. The molecule has 0 aliphatic carbocycles. The van der Waals surface area contributed by atoms with Gasteiger partial charge in [-0.25, -0.2) is 9.59 Å². The predicted octanol–water partition coefficient (Wildman–Crippen LogP) is 4.54. The molecular formula is C20H24N2O5S2. The number of anilines is 2. The van der Waals surface area contributed by atoms with Crippen molar-refractivity contribution in [2.75, 3.05) is 31.0 Å². The number of thiophene rings is 1. The van der Waals surface area contributed by atoms with Gasteiger partial charge in [0.25, 0.3) is 0 Å². The average molecular weight is 437 g/mol. The molecule has 0 saturated heterocycles. The normalized spacial score (nSPS) is 10.2. The summed E-state index contributed by atoms with van der Waals surface area (Å²) in [5, 5.41) is 6.72. The summed E-state index contributed by atoms with van der Waals surface area (Å²) >= 11 is 6.50. The topological polar surface area (TPSA) is 85.9 Å². The fraction of sp³-hybridized carbons (Fsp3) is 0.350. The molecule has 0 saturated carbocycles. The quantitative estimate of drug-likeness (QED) is 0.483. The molecular weight excluding hydrogens is 412 g/mol. The van der Waals surface area contributed by atoms with Gasteiger partial charge in [0, 0.05) is 0 Å². The Kier molecular flexibility index (Phi) is 7.98. The number of hydrogen-bond donors (Lipinski definition) is 2. The number of ether oxygens (including phenoxy) is 3. The van der Waals surface area contributed by atoms with E-state index in [2.05, 4.69) is 10.6 Å². The monoisotopic (exact) mass is 436 g/mol. The van der Waals surface area contributed by atoms with E-state index in [0.717, 1.165) is 16.9 Å². The highest BCUT2D eigenvalue weighted by Crippen LogP contribution is 2.35. The summed E-state index contributed by atoms with van der Waals surface area (Å²) in [5.74, 6) is -0.400. The van der Waals surface area contributed by atoms with Crippen LogP contribution in [0.4, 0.5) is 10.7 Å². The first-order chi connectivity index (χ1) is 13.8. The van der Waals surface area contributed by atoms with Crippen molar-refractivity contribution in [3.05, 3.63) is 39.8 Å². The molecule has 1 aromatic heterocycles. The lowest BCUT2D eigenvalue weighted by Gasteiger charge is -2.14. The van der Waals surface area contributed by atoms with Crippen molar-refractivity contribution in [3.63, 3.8) is 0 Å². The van der Waals surface area contributed by atoms with Crippen molar-refractivity contribution in [2.24, 2.45) is 0 Å². The van der Waals surface area contributed by atoms with Gasteiger partial charge in [-0.3, -0.25) is 0 Å². The molecule has 0 unspecified atom stereocenters. The second-order valence-corrected chi connectivity index (χ2v) is 7.41. The average Bonchev–Trinajstić information content (AvgIpc) is 2.98. The molecule has 2 rings (SSSR count). The van der Waals surface area contributed by atoms with Crippen molar-refractivity contribution in [3.8, 4) is 5.75 Å². The molecule has 7 nitrogen and oxygen atoms in total. The van der Waals surface area contributed by atoms with E-state index in [0.29, 0.717) is 26.9 Å². The molecule has 0 atom stereocenters. The summed E-state index contributed by atoms with van der Waals surface area (Å²) in [6.07, 6.45) is 0. The van der Waals surface area contributed by atoms with E-state index < -0.39 is 11.9 Å². The van der Waals surface area contributed by atoms with Crippen LogP contribution in [-0.2, 0) is 9.47 Å². The number of esters is 2. The molecule has 0 radical (unpaired) electrons. The van der Waals surface area contributed by atoms with Crippen LogP contribution < -0.4 is 15.4 Å². The molecule has 0 spiro atoms. The molecule has 29 heavy (non-hydrogen) atoms. The van der Waals surface area contributed by atoms with Gasteiger partial charge in [-0.15, -0.1) is 11.3 Å². The van der Waals surface area contributed by atoms with Crippen LogP contribution in [0.25, 0.3) is 0 Å². The lowest BCUT2D eigenvalue weighted by Crippen LogP contribution is -2.20. The summed E-state index contributed by atoms with van der Waals surface area (Å²) in [7, 11) is 1.57. The van der Waals surface area contributed by atoms with Gasteiger partial charge in [0.1, 0.15) is 15.6 Å². The summed E-state index contributed by atoms with van der Waals surface area (Å²) < 4.78 is 15.6. The third-order valence-corrected chi connectivity index (χ3v) is 5.31. The fourth-order valence-corrected chi connectivity index (χ4v) is 3.99. The minimum absolute atomic E-state index is 0.214. The third kappa shape index (κ3) is 5.45. The molecule has 9 heteroatoms. The van der Waals surface area contributed by atoms with Crippen LogP contribution in [0.1, 0.15) is 45.0 Å². The fourth-order valence-electron chi connectivity index (χ4n) is 2.62. The number of rotatable bonds is 7. The number of nitrogens with one attached hydrogen (secondary N) is 2. The number of aryl methyl sites for hydroxylation is 1. The molecule has 2 N–H and O–H groups in total. The zero-order chi connectivity index (χ0) is 21.6. The Morgan fingerprint density at radius 3 is 2.34 bits per heavy atom. The minimum atomic E-state index is -0.532. The van der Waals surface area contributed by atoms with E-state index in [-0.39, 0.29) is 23.9 Å². The maximum Gasteiger partial charge on any atom is 0.348 e. The Balaban J connectivity index is 2.34. The van der Waals surface area contributed by atoms with E-state index in [4.69, 9.17) is 26.4 Å². The highest BCUT2D eigenvalue weighted by atomic mass is 32.1. The van der Waals surface area contributed by atoms with E-state index in [1.54, 1.807) is 27.9 Å². The van der Waals surface area contributed by atoms with Crippen LogP contribution in [0, 0.1) is 13.8 Å². The Hall–Kier alpha value is -2.65. The lowest BCUT2D eigenvalue weighted by atomic mass is 10.1. The Labute approximate surface area is 179 Å². The van der Waals surface area contributed by atoms with Crippen LogP contribution in [0.5, 0.6) is 5.75 Å². The third-order valence-electron chi connectivity index (χ3n) is 3.92. The molecule has 1 heterocycles. The van der Waals surface area contributed by atoms with Crippen molar-refractivity contribution in [1.29, 1.82) is 0 Å². The largest absolute Gasteiger partial charge is 0.495 e. The highest BCUT2D eigenvalue weighted by molar-refractivity contribution is 7.80. The van der Waals surface area contributed by atoms with Crippen molar-refractivity contribution in [2.45, 2.75) is 27.7 Å². The maximum absolute atomic E-state index is 12.5. The van der Waals surface area contributed by atoms with Crippen LogP contribution in [0.2, 0.25) is 0 Å². The zero-order valence-corrected chi connectivity index (χ0v) is 18.6. The minimum Gasteiger partial charge on any atom is -0.495 e. The first kappa shape index (κ1) is 22.6. The van der Waals surface area contributed by atoms with E-state index in [9.17, 15) is 9.59 Å². The van der Waals surface area contributed by atoms with Gasteiger partial charge < -0.3 is 24.8 Å². The van der Waals surface area contributed by atoms with E-state index in [1.165, 1.54) is 0 Å². The summed E-state index contributed by atoms with van der Waals surface area (Å²) in [5.41, 5.74) is 2.46. The van der Waals surface area contributed by atoms with Crippen LogP contribution >= 0.6 is 23.6 Å². The standard InChI is InChI=1S/C20H24N2O5S2/c1-6-26-18(23)15-12(4)16(19(24)27-7-2)29-17(15)22-20(28)21-13-10-11(3)8-9-14(13)25-5/h8-10H,6-7H2,1-5H3,(H2,21,22,28). The Morgan fingerprint density at radius 1 is 1.07 bits per heavy atom. The van der Waals surface area contributed by atoms with Gasteiger partial charge in [0.2, 0.25) is 0 Å². The summed E-state index contributed by atoms with van der Waals surface area (Å²) in [4.78, 5) is 25.1. The van der Waals surface area contributed by atoms with Crippen LogP contribution in [0.15, 0.2) is 18.2 Å². The first-order valence-corrected chi connectivity index (χ1v) is 10.2. The Bertz CT molecular complexity index is 924. The highest BCUT2D eigenvalue weighted by Gasteiger charge is 2.27. The lowest BCUT2D eigenvalue weighted by molar-refractivity contribution is 0.0527. The molecule has 2 aromatic rings. The smallest absolute Gasteiger partial charge is 0.348 e. The second-order valence-electron chi connectivity index (χ2n) is 5.98. The van der Waals surface area contributed by atoms with Crippen molar-refractivity contribution >= 4 is 51.3 Å². The number of hydrogen-bond acceptors (Lipinski definition) is 7. The van der Waals surface area contributed by atoms with Crippen LogP contribution in [-0.4, -0.2) is 37.4 Å². The number of benzene rings is 1. The molecule has 0 aliphatic heterocycles. The van der Waals surface area contributed by atoms with Gasteiger partial charge in [0.15, 0.2) is 5.11 Å². The van der Waals surface area contributed by atoms with Gasteiger partial charge in [0.05, 0.1) is 31.6 Å².